The molecule has 0 heterocycles. The number of hydrogen-bond donors (Lipinski definition) is 1. The lowest BCUT2D eigenvalue weighted by atomic mass is 10.1. The monoisotopic (exact) mass is 267 g/mol. The standard InChI is InChI=1S/C14H21NO4/c1-17-8-9-18-10-11-19-14(16)13-5-3-2-4-12(13)6-7-15/h2-5H,6-11,15H2,1H3. The van der Waals surface area contributed by atoms with Crippen molar-refractivity contribution < 1.29 is 19.0 Å². The Morgan fingerprint density at radius 2 is 1.89 bits per heavy atom. The normalized spacial score (nSPS) is 10.4. The van der Waals surface area contributed by atoms with E-state index in [0.29, 0.717) is 38.3 Å². The lowest BCUT2D eigenvalue weighted by Gasteiger charge is -2.09. The highest BCUT2D eigenvalue weighted by atomic mass is 16.6. The number of nitrogens with two attached hydrogens (primary N) is 1. The van der Waals surface area contributed by atoms with E-state index >= 15 is 0 Å². The molecule has 0 aliphatic carbocycles. The van der Waals surface area contributed by atoms with Gasteiger partial charge in [0.05, 0.1) is 25.4 Å². The molecule has 0 radical (unpaired) electrons. The summed E-state index contributed by atoms with van der Waals surface area (Å²) in [5.74, 6) is -0.334. The number of methoxy groups -OCH3 is 1. The fourth-order valence-corrected chi connectivity index (χ4v) is 1.61. The lowest BCUT2D eigenvalue weighted by Crippen LogP contribution is -2.15. The van der Waals surface area contributed by atoms with Gasteiger partial charge in [0.1, 0.15) is 6.61 Å². The Kier molecular flexibility index (Phi) is 7.81. The van der Waals surface area contributed by atoms with E-state index in [1.54, 1.807) is 13.2 Å². The van der Waals surface area contributed by atoms with Crippen LogP contribution in [0.5, 0.6) is 0 Å². The molecule has 0 aromatic heterocycles. The third-order valence-corrected chi connectivity index (χ3v) is 2.54. The average Bonchev–Trinajstić information content (AvgIpc) is 2.43. The molecule has 0 amide bonds. The Balaban J connectivity index is 2.36. The molecule has 1 rings (SSSR count). The Labute approximate surface area is 113 Å². The van der Waals surface area contributed by atoms with E-state index in [1.165, 1.54) is 0 Å². The first-order valence-electron chi connectivity index (χ1n) is 6.31. The van der Waals surface area contributed by atoms with Crippen molar-refractivity contribution in [1.82, 2.24) is 0 Å². The molecule has 1 aromatic rings. The smallest absolute Gasteiger partial charge is 0.338 e. The van der Waals surface area contributed by atoms with Gasteiger partial charge in [-0.1, -0.05) is 18.2 Å². The van der Waals surface area contributed by atoms with E-state index in [0.717, 1.165) is 5.56 Å². The fraction of sp³-hybridized carbons (Fsp3) is 0.500. The van der Waals surface area contributed by atoms with Crippen molar-refractivity contribution in [1.29, 1.82) is 0 Å². The highest BCUT2D eigenvalue weighted by molar-refractivity contribution is 5.91. The highest BCUT2D eigenvalue weighted by Crippen LogP contribution is 2.10. The Morgan fingerprint density at radius 3 is 2.63 bits per heavy atom. The molecule has 0 saturated heterocycles. The summed E-state index contributed by atoms with van der Waals surface area (Å²) in [5, 5.41) is 0. The van der Waals surface area contributed by atoms with Crippen molar-refractivity contribution in [2.45, 2.75) is 6.42 Å². The molecule has 0 saturated carbocycles. The molecule has 106 valence electrons. The van der Waals surface area contributed by atoms with E-state index in [9.17, 15) is 4.79 Å². The van der Waals surface area contributed by atoms with Gasteiger partial charge in [-0.25, -0.2) is 4.79 Å². The molecule has 0 fully saturated rings. The van der Waals surface area contributed by atoms with Gasteiger partial charge in [0, 0.05) is 7.11 Å². The lowest BCUT2D eigenvalue weighted by molar-refractivity contribution is 0.0213. The van der Waals surface area contributed by atoms with Crippen LogP contribution in [0, 0.1) is 0 Å². The summed E-state index contributed by atoms with van der Waals surface area (Å²) in [7, 11) is 1.61. The molecule has 0 aliphatic rings. The van der Waals surface area contributed by atoms with E-state index in [1.807, 2.05) is 18.2 Å². The summed E-state index contributed by atoms with van der Waals surface area (Å²) < 4.78 is 15.2. The third-order valence-electron chi connectivity index (χ3n) is 2.54. The minimum Gasteiger partial charge on any atom is -0.460 e. The maximum Gasteiger partial charge on any atom is 0.338 e. The molecular formula is C14H21NO4. The van der Waals surface area contributed by atoms with Gasteiger partial charge in [-0.3, -0.25) is 0 Å². The fourth-order valence-electron chi connectivity index (χ4n) is 1.61. The maximum atomic E-state index is 11.9. The predicted molar refractivity (Wildman–Crippen MR) is 72.2 cm³/mol. The summed E-state index contributed by atoms with van der Waals surface area (Å²) in [4.78, 5) is 11.9. The summed E-state index contributed by atoms with van der Waals surface area (Å²) in [6, 6.07) is 7.33. The van der Waals surface area contributed by atoms with Crippen molar-refractivity contribution in [3.63, 3.8) is 0 Å². The van der Waals surface area contributed by atoms with Crippen molar-refractivity contribution in [3.8, 4) is 0 Å². The van der Waals surface area contributed by atoms with Crippen LogP contribution in [0.1, 0.15) is 15.9 Å². The summed E-state index contributed by atoms with van der Waals surface area (Å²) in [6.07, 6.45) is 0.662. The number of hydrogen-bond acceptors (Lipinski definition) is 5. The van der Waals surface area contributed by atoms with Crippen LogP contribution < -0.4 is 5.73 Å². The first-order valence-corrected chi connectivity index (χ1v) is 6.31. The van der Waals surface area contributed by atoms with Gasteiger partial charge < -0.3 is 19.9 Å². The zero-order valence-corrected chi connectivity index (χ0v) is 11.3. The van der Waals surface area contributed by atoms with E-state index in [4.69, 9.17) is 19.9 Å². The largest absolute Gasteiger partial charge is 0.460 e. The van der Waals surface area contributed by atoms with Crippen molar-refractivity contribution >= 4 is 5.97 Å². The molecule has 5 heteroatoms. The van der Waals surface area contributed by atoms with Gasteiger partial charge in [-0.2, -0.15) is 0 Å². The molecule has 0 aliphatic heterocycles. The van der Waals surface area contributed by atoms with Crippen molar-refractivity contribution in [3.05, 3.63) is 35.4 Å². The van der Waals surface area contributed by atoms with E-state index < -0.39 is 0 Å². The maximum absolute atomic E-state index is 11.9. The molecule has 1 aromatic carbocycles. The number of ether oxygens (including phenoxy) is 3. The van der Waals surface area contributed by atoms with Crippen LogP contribution in [0.4, 0.5) is 0 Å². The number of rotatable bonds is 9. The molecule has 0 unspecified atom stereocenters. The number of carbonyl (C=O) groups is 1. The highest BCUT2D eigenvalue weighted by Gasteiger charge is 2.11. The minimum atomic E-state index is -0.334. The average molecular weight is 267 g/mol. The summed E-state index contributed by atoms with van der Waals surface area (Å²) in [5.41, 5.74) is 7.00. The second-order valence-corrected chi connectivity index (χ2v) is 3.94. The second kappa shape index (κ2) is 9.49. The van der Waals surface area contributed by atoms with Crippen LogP contribution in [0.25, 0.3) is 0 Å². The molecule has 2 N–H and O–H groups in total. The van der Waals surface area contributed by atoms with Crippen molar-refractivity contribution in [2.75, 3.05) is 40.1 Å². The quantitative estimate of drug-likeness (QED) is 0.534. The van der Waals surface area contributed by atoms with E-state index in [2.05, 4.69) is 0 Å². The van der Waals surface area contributed by atoms with Crippen LogP contribution in [-0.2, 0) is 20.6 Å². The number of esters is 1. The van der Waals surface area contributed by atoms with Gasteiger partial charge in [0.25, 0.3) is 0 Å². The zero-order valence-electron chi connectivity index (χ0n) is 11.3. The van der Waals surface area contributed by atoms with Gasteiger partial charge in [-0.05, 0) is 24.6 Å². The number of benzene rings is 1. The van der Waals surface area contributed by atoms with Gasteiger partial charge in [0.15, 0.2) is 0 Å². The first-order chi connectivity index (χ1) is 9.29. The SMILES string of the molecule is COCCOCCOC(=O)c1ccccc1CCN. The van der Waals surface area contributed by atoms with Gasteiger partial charge >= 0.3 is 5.97 Å². The van der Waals surface area contributed by atoms with Crippen LogP contribution in [0.3, 0.4) is 0 Å². The molecule has 5 nitrogen and oxygen atoms in total. The summed E-state index contributed by atoms with van der Waals surface area (Å²) in [6.45, 7) is 2.14. The molecule has 19 heavy (non-hydrogen) atoms. The summed E-state index contributed by atoms with van der Waals surface area (Å²) >= 11 is 0. The van der Waals surface area contributed by atoms with Gasteiger partial charge in [-0.15, -0.1) is 0 Å². The van der Waals surface area contributed by atoms with Crippen LogP contribution in [-0.4, -0.2) is 46.1 Å². The molecule has 0 atom stereocenters. The van der Waals surface area contributed by atoms with Crippen LogP contribution in [0.2, 0.25) is 0 Å². The Morgan fingerprint density at radius 1 is 1.16 bits per heavy atom. The molecule has 0 bridgehead atoms. The predicted octanol–water partition coefficient (Wildman–Crippen LogP) is 1.01. The Bertz CT molecular complexity index is 381. The van der Waals surface area contributed by atoms with E-state index in [-0.39, 0.29) is 12.6 Å². The van der Waals surface area contributed by atoms with Crippen LogP contribution >= 0.6 is 0 Å². The van der Waals surface area contributed by atoms with Gasteiger partial charge in [0.2, 0.25) is 0 Å². The van der Waals surface area contributed by atoms with Crippen LogP contribution in [0.15, 0.2) is 24.3 Å². The molecular weight excluding hydrogens is 246 g/mol. The number of carbonyl (C=O) groups excluding carboxylic acids is 1. The third kappa shape index (κ3) is 5.83. The minimum absolute atomic E-state index is 0.236. The topological polar surface area (TPSA) is 70.8 Å². The van der Waals surface area contributed by atoms with Crippen molar-refractivity contribution in [2.24, 2.45) is 5.73 Å². The molecule has 0 spiro atoms. The first kappa shape index (κ1) is 15.6. The second-order valence-electron chi connectivity index (χ2n) is 3.94. The Hall–Kier alpha value is -1.43. The zero-order chi connectivity index (χ0) is 13.9.